The summed E-state index contributed by atoms with van der Waals surface area (Å²) in [7, 11) is 0. The summed E-state index contributed by atoms with van der Waals surface area (Å²) in [5.41, 5.74) is 0. The van der Waals surface area contributed by atoms with Gasteiger partial charge in [0.2, 0.25) is 22.1 Å². The first kappa shape index (κ1) is 22.4. The van der Waals surface area contributed by atoms with Crippen LogP contribution in [-0.4, -0.2) is 55.2 Å². The van der Waals surface area contributed by atoms with Crippen LogP contribution in [-0.2, 0) is 9.59 Å². The van der Waals surface area contributed by atoms with Gasteiger partial charge in [-0.15, -0.1) is 20.4 Å². The van der Waals surface area contributed by atoms with Crippen molar-refractivity contribution >= 4 is 80.0 Å². The van der Waals surface area contributed by atoms with E-state index < -0.39 is 0 Å². The number of nitrogens with one attached hydrogen (secondary N) is 2. The molecule has 0 fully saturated rings. The van der Waals surface area contributed by atoms with E-state index >= 15 is 0 Å². The minimum absolute atomic E-state index is 0.0917. The molecule has 27 heavy (non-hydrogen) atoms. The van der Waals surface area contributed by atoms with E-state index in [-0.39, 0.29) is 11.8 Å². The summed E-state index contributed by atoms with van der Waals surface area (Å²) in [6.07, 6.45) is 0.742. The van der Waals surface area contributed by atoms with Gasteiger partial charge in [0.15, 0.2) is 8.68 Å². The molecule has 0 spiro atoms. The third-order valence-corrected chi connectivity index (χ3v) is 7.48. The number of carbonyl (C=O) groups is 2. The summed E-state index contributed by atoms with van der Waals surface area (Å²) in [5, 5.41) is 22.4. The Morgan fingerprint density at radius 1 is 0.815 bits per heavy atom. The van der Waals surface area contributed by atoms with E-state index in [9.17, 15) is 9.59 Å². The van der Waals surface area contributed by atoms with Gasteiger partial charge >= 0.3 is 0 Å². The molecule has 0 atom stereocenters. The van der Waals surface area contributed by atoms with E-state index in [1.54, 1.807) is 35.3 Å². The molecule has 0 radical (unpaired) electrons. The van der Waals surface area contributed by atoms with Crippen molar-refractivity contribution in [3.8, 4) is 0 Å². The van der Waals surface area contributed by atoms with Crippen molar-refractivity contribution in [3.63, 3.8) is 0 Å². The number of carbonyl (C=O) groups excluding carboxylic acids is 2. The molecule has 13 heteroatoms. The zero-order chi connectivity index (χ0) is 19.5. The third kappa shape index (κ3) is 8.77. The molecule has 0 aromatic carbocycles. The van der Waals surface area contributed by atoms with E-state index in [2.05, 4.69) is 31.0 Å². The molecule has 2 aromatic rings. The molecule has 2 N–H and O–H groups in total. The highest BCUT2D eigenvalue weighted by atomic mass is 32.2. The van der Waals surface area contributed by atoms with Gasteiger partial charge in [-0.05, 0) is 11.5 Å². The van der Waals surface area contributed by atoms with Crippen LogP contribution < -0.4 is 10.6 Å². The van der Waals surface area contributed by atoms with Crippen LogP contribution in [0.5, 0.6) is 0 Å². The van der Waals surface area contributed by atoms with E-state index in [1.807, 2.05) is 13.8 Å². The van der Waals surface area contributed by atoms with E-state index in [0.29, 0.717) is 34.6 Å². The van der Waals surface area contributed by atoms with Crippen LogP contribution in [0.2, 0.25) is 0 Å². The second-order valence-corrected chi connectivity index (χ2v) is 11.0. The van der Waals surface area contributed by atoms with Crippen molar-refractivity contribution in [3.05, 3.63) is 0 Å². The Kier molecular flexibility index (Phi) is 10.4. The highest BCUT2D eigenvalue weighted by Crippen LogP contribution is 2.26. The van der Waals surface area contributed by atoms with Gasteiger partial charge in [-0.2, -0.15) is 11.8 Å². The predicted octanol–water partition coefficient (Wildman–Crippen LogP) is 3.70. The lowest BCUT2D eigenvalue weighted by atomic mass is 10.4. The van der Waals surface area contributed by atoms with Gasteiger partial charge in [-0.3, -0.25) is 9.59 Å². The maximum atomic E-state index is 11.9. The van der Waals surface area contributed by atoms with Crippen LogP contribution in [0.15, 0.2) is 8.68 Å². The van der Waals surface area contributed by atoms with Crippen LogP contribution in [0.1, 0.15) is 26.7 Å². The fraction of sp³-hybridized carbons (Fsp3) is 0.571. The predicted molar refractivity (Wildman–Crippen MR) is 116 cm³/mol. The van der Waals surface area contributed by atoms with E-state index in [1.165, 1.54) is 22.7 Å². The maximum absolute atomic E-state index is 11.9. The lowest BCUT2D eigenvalue weighted by Gasteiger charge is -2.02. The fourth-order valence-corrected chi connectivity index (χ4v) is 5.87. The molecule has 0 saturated carbocycles. The van der Waals surface area contributed by atoms with Crippen molar-refractivity contribution in [2.45, 2.75) is 35.4 Å². The first-order valence-electron chi connectivity index (χ1n) is 8.20. The number of thioether (sulfide) groups is 3. The molecule has 2 amide bonds. The van der Waals surface area contributed by atoms with Crippen molar-refractivity contribution in [1.29, 1.82) is 0 Å². The first-order valence-corrected chi connectivity index (χ1v) is 13.0. The van der Waals surface area contributed by atoms with Crippen molar-refractivity contribution in [1.82, 2.24) is 20.4 Å². The van der Waals surface area contributed by atoms with E-state index in [4.69, 9.17) is 0 Å². The molecule has 0 aliphatic carbocycles. The number of amides is 2. The molecule has 148 valence electrons. The first-order chi connectivity index (χ1) is 13.1. The van der Waals surface area contributed by atoms with Crippen LogP contribution in [0.25, 0.3) is 0 Å². The molecule has 0 unspecified atom stereocenters. The second kappa shape index (κ2) is 12.5. The molecule has 2 heterocycles. The molecule has 8 nitrogen and oxygen atoms in total. The summed E-state index contributed by atoms with van der Waals surface area (Å²) in [6, 6.07) is 0. The zero-order valence-corrected chi connectivity index (χ0v) is 19.0. The average molecular weight is 465 g/mol. The second-order valence-electron chi connectivity index (χ2n) is 4.82. The fourth-order valence-electron chi connectivity index (χ4n) is 1.68. The van der Waals surface area contributed by atoms with Crippen LogP contribution >= 0.6 is 58.0 Å². The lowest BCUT2D eigenvalue weighted by molar-refractivity contribution is -0.116. The lowest BCUT2D eigenvalue weighted by Crippen LogP contribution is -2.13. The maximum Gasteiger partial charge on any atom is 0.227 e. The minimum Gasteiger partial charge on any atom is -0.300 e. The molecule has 0 bridgehead atoms. The average Bonchev–Trinajstić information content (AvgIpc) is 3.25. The molecule has 2 aromatic heterocycles. The summed E-state index contributed by atoms with van der Waals surface area (Å²) in [5.74, 6) is 2.95. The molecule has 0 saturated heterocycles. The van der Waals surface area contributed by atoms with Gasteiger partial charge in [0.1, 0.15) is 0 Å². The molecule has 0 aliphatic heterocycles. The Labute approximate surface area is 178 Å². The van der Waals surface area contributed by atoms with Gasteiger partial charge in [0.25, 0.3) is 0 Å². The summed E-state index contributed by atoms with van der Waals surface area (Å²) < 4.78 is 1.70. The molecule has 0 aliphatic rings. The van der Waals surface area contributed by atoms with E-state index in [0.717, 1.165) is 20.2 Å². The highest BCUT2D eigenvalue weighted by Gasteiger charge is 2.10. The third-order valence-electron chi connectivity index (χ3n) is 2.79. The Bertz CT molecular complexity index is 677. The SMILES string of the molecule is CCSc1nnc(NC(=O)CCSCCC(=O)Nc2nnc(SCC)s2)s1. The number of anilines is 2. The van der Waals surface area contributed by atoms with Crippen molar-refractivity contribution in [2.75, 3.05) is 33.6 Å². The Morgan fingerprint density at radius 2 is 1.26 bits per heavy atom. The van der Waals surface area contributed by atoms with Crippen LogP contribution in [0, 0.1) is 0 Å². The van der Waals surface area contributed by atoms with Crippen molar-refractivity contribution < 1.29 is 9.59 Å². The number of hydrogen-bond donors (Lipinski definition) is 2. The normalized spacial score (nSPS) is 10.7. The smallest absolute Gasteiger partial charge is 0.227 e. The van der Waals surface area contributed by atoms with Crippen molar-refractivity contribution in [2.24, 2.45) is 0 Å². The van der Waals surface area contributed by atoms with Crippen LogP contribution in [0.4, 0.5) is 10.3 Å². The Balaban J connectivity index is 1.56. The number of hydrogen-bond acceptors (Lipinski definition) is 11. The number of aromatic nitrogens is 4. The topological polar surface area (TPSA) is 110 Å². The van der Waals surface area contributed by atoms with Gasteiger partial charge in [-0.25, -0.2) is 0 Å². The number of nitrogens with zero attached hydrogens (tertiary/aromatic N) is 4. The van der Waals surface area contributed by atoms with Gasteiger partial charge in [0.05, 0.1) is 0 Å². The monoisotopic (exact) mass is 464 g/mol. The molecular weight excluding hydrogens is 445 g/mol. The van der Waals surface area contributed by atoms with Gasteiger partial charge in [0, 0.05) is 24.3 Å². The highest BCUT2D eigenvalue weighted by molar-refractivity contribution is 8.01. The quantitative estimate of drug-likeness (QED) is 0.276. The zero-order valence-electron chi connectivity index (χ0n) is 14.9. The largest absolute Gasteiger partial charge is 0.300 e. The Morgan fingerprint density at radius 3 is 1.67 bits per heavy atom. The molecular formula is C14H20N6O2S5. The standard InChI is InChI=1S/C14H20N6O2S5/c1-3-24-13-19-17-11(26-13)15-9(21)5-7-23-8-6-10(22)16-12-18-20-14(27-12)25-4-2/h3-8H2,1-2H3,(H,15,17,21)(H,16,18,22). The summed E-state index contributed by atoms with van der Waals surface area (Å²) in [4.78, 5) is 23.8. The Hall–Kier alpha value is -0.890. The minimum atomic E-state index is -0.0917. The van der Waals surface area contributed by atoms with Gasteiger partial charge in [-0.1, -0.05) is 60.0 Å². The summed E-state index contributed by atoms with van der Waals surface area (Å²) in [6.45, 7) is 4.08. The van der Waals surface area contributed by atoms with Crippen LogP contribution in [0.3, 0.4) is 0 Å². The summed E-state index contributed by atoms with van der Waals surface area (Å²) >= 11 is 7.51. The molecule has 2 rings (SSSR count). The number of rotatable bonds is 12. The van der Waals surface area contributed by atoms with Gasteiger partial charge < -0.3 is 10.6 Å².